The van der Waals surface area contributed by atoms with Gasteiger partial charge in [-0.15, -0.1) is 0 Å². The first-order chi connectivity index (χ1) is 8.28. The van der Waals surface area contributed by atoms with Gasteiger partial charge in [0.15, 0.2) is 0 Å². The Balaban J connectivity index is 2.50. The second-order valence-electron chi connectivity index (χ2n) is 4.01. The van der Waals surface area contributed by atoms with Gasteiger partial charge in [0.1, 0.15) is 15.7 Å². The molecule has 1 heterocycles. The minimum atomic E-state index is -3.10. The molecular weight excluding hydrogens is 372 g/mol. The molecule has 0 radical (unpaired) electrons. The van der Waals surface area contributed by atoms with E-state index >= 15 is 0 Å². The highest BCUT2D eigenvalue weighted by Gasteiger charge is 2.13. The van der Waals surface area contributed by atoms with Crippen LogP contribution in [-0.2, 0) is 16.4 Å². The molecule has 2 rings (SSSR count). The molecule has 0 fully saturated rings. The van der Waals surface area contributed by atoms with Crippen LogP contribution >= 0.6 is 22.6 Å². The van der Waals surface area contributed by atoms with Crippen molar-refractivity contribution in [1.82, 2.24) is 9.55 Å². The summed E-state index contributed by atoms with van der Waals surface area (Å²) in [5, 5.41) is 0. The lowest BCUT2D eigenvalue weighted by molar-refractivity contribution is 0.596. The summed E-state index contributed by atoms with van der Waals surface area (Å²) in [5.74, 6) is -0.241. The van der Waals surface area contributed by atoms with Crippen LogP contribution in [0.2, 0.25) is 0 Å². The summed E-state index contributed by atoms with van der Waals surface area (Å²) in [6.45, 7) is 0.168. The number of fused-ring (bicyclic) bond motifs is 1. The van der Waals surface area contributed by atoms with Crippen LogP contribution in [0.25, 0.3) is 11.0 Å². The predicted molar refractivity (Wildman–Crippen MR) is 76.5 cm³/mol. The Bertz CT molecular complexity index is 711. The summed E-state index contributed by atoms with van der Waals surface area (Å²) in [4.78, 5) is 4.09. The fourth-order valence-electron chi connectivity index (χ4n) is 1.63. The Kier molecular flexibility index (Phi) is 3.49. The van der Waals surface area contributed by atoms with E-state index in [-0.39, 0.29) is 24.1 Å². The highest BCUT2D eigenvalue weighted by Crippen LogP contribution is 2.22. The van der Waals surface area contributed by atoms with Gasteiger partial charge in [0.05, 0.1) is 20.4 Å². The summed E-state index contributed by atoms with van der Waals surface area (Å²) in [7, 11) is -3.10. The first kappa shape index (κ1) is 13.5. The maximum Gasteiger partial charge on any atom is 0.201 e. The summed E-state index contributed by atoms with van der Waals surface area (Å²) < 4.78 is 37.8. The Morgan fingerprint density at radius 1 is 1.50 bits per heavy atom. The van der Waals surface area contributed by atoms with Crippen LogP contribution in [0.15, 0.2) is 12.1 Å². The molecule has 0 saturated carbocycles. The summed E-state index contributed by atoms with van der Waals surface area (Å²) in [6.07, 6.45) is 1.14. The summed E-state index contributed by atoms with van der Waals surface area (Å²) in [5.41, 5.74) is 6.79. The van der Waals surface area contributed by atoms with Gasteiger partial charge in [0.2, 0.25) is 5.95 Å². The molecule has 0 spiro atoms. The van der Waals surface area contributed by atoms with Gasteiger partial charge in [-0.2, -0.15) is 0 Å². The van der Waals surface area contributed by atoms with E-state index < -0.39 is 9.84 Å². The summed E-state index contributed by atoms with van der Waals surface area (Å²) in [6, 6.07) is 2.90. The predicted octanol–water partition coefficient (Wildman–Crippen LogP) is 1.41. The first-order valence-electron chi connectivity index (χ1n) is 5.06. The van der Waals surface area contributed by atoms with Crippen molar-refractivity contribution in [3.8, 4) is 0 Å². The molecule has 0 aliphatic heterocycles. The van der Waals surface area contributed by atoms with Crippen molar-refractivity contribution >= 4 is 49.4 Å². The van der Waals surface area contributed by atoms with Gasteiger partial charge in [0.25, 0.3) is 0 Å². The molecule has 0 aliphatic carbocycles. The molecular formula is C10H11FIN3O2S. The SMILES string of the molecule is CS(=O)(=O)CCn1c(N)nc2cc(I)c(F)cc21. The van der Waals surface area contributed by atoms with E-state index in [0.29, 0.717) is 14.6 Å². The highest BCUT2D eigenvalue weighted by atomic mass is 127. The molecule has 2 N–H and O–H groups in total. The van der Waals surface area contributed by atoms with Crippen LogP contribution < -0.4 is 5.73 Å². The number of benzene rings is 1. The number of halogens is 2. The number of aryl methyl sites for hydroxylation is 1. The Labute approximate surface area is 117 Å². The maximum atomic E-state index is 13.5. The molecule has 18 heavy (non-hydrogen) atoms. The molecule has 0 amide bonds. The number of hydrogen-bond acceptors (Lipinski definition) is 4. The fourth-order valence-corrected chi connectivity index (χ4v) is 2.60. The van der Waals surface area contributed by atoms with Gasteiger partial charge >= 0.3 is 0 Å². The average molecular weight is 383 g/mol. The Hall–Kier alpha value is -0.900. The van der Waals surface area contributed by atoms with Crippen molar-refractivity contribution in [2.75, 3.05) is 17.7 Å². The van der Waals surface area contributed by atoms with Crippen LogP contribution in [-0.4, -0.2) is 30.0 Å². The number of rotatable bonds is 3. The second kappa shape index (κ2) is 4.65. The lowest BCUT2D eigenvalue weighted by Gasteiger charge is -2.05. The Morgan fingerprint density at radius 3 is 2.78 bits per heavy atom. The van der Waals surface area contributed by atoms with Gasteiger partial charge in [-0.3, -0.25) is 0 Å². The number of sulfone groups is 1. The molecule has 0 aliphatic rings. The van der Waals surface area contributed by atoms with Crippen molar-refractivity contribution in [2.45, 2.75) is 6.54 Å². The zero-order valence-corrected chi connectivity index (χ0v) is 12.5. The number of aromatic nitrogens is 2. The quantitative estimate of drug-likeness (QED) is 0.814. The van der Waals surface area contributed by atoms with E-state index in [1.165, 1.54) is 10.6 Å². The van der Waals surface area contributed by atoms with E-state index in [2.05, 4.69) is 4.98 Å². The number of nitrogens with zero attached hydrogens (tertiary/aromatic N) is 2. The topological polar surface area (TPSA) is 78.0 Å². The molecule has 2 aromatic rings. The fraction of sp³-hybridized carbons (Fsp3) is 0.300. The third-order valence-electron chi connectivity index (χ3n) is 2.51. The van der Waals surface area contributed by atoms with Crippen LogP contribution in [0.5, 0.6) is 0 Å². The lowest BCUT2D eigenvalue weighted by Crippen LogP contribution is -2.13. The van der Waals surface area contributed by atoms with Gasteiger partial charge in [0, 0.05) is 18.9 Å². The molecule has 8 heteroatoms. The van der Waals surface area contributed by atoms with Crippen molar-refractivity contribution in [2.24, 2.45) is 0 Å². The standard InChI is InChI=1S/C10H11FIN3O2S/c1-18(16,17)3-2-15-9-4-6(11)7(12)5-8(9)14-10(15)13/h4-5H,2-3H2,1H3,(H2,13,14). The smallest absolute Gasteiger partial charge is 0.201 e. The van der Waals surface area contributed by atoms with Crippen molar-refractivity contribution in [3.05, 3.63) is 21.5 Å². The number of hydrogen-bond donors (Lipinski definition) is 1. The van der Waals surface area contributed by atoms with Gasteiger partial charge in [-0.05, 0) is 28.7 Å². The molecule has 0 unspecified atom stereocenters. The van der Waals surface area contributed by atoms with Crippen molar-refractivity contribution < 1.29 is 12.8 Å². The monoisotopic (exact) mass is 383 g/mol. The number of imidazole rings is 1. The largest absolute Gasteiger partial charge is 0.369 e. The third kappa shape index (κ3) is 2.74. The third-order valence-corrected chi connectivity index (χ3v) is 4.26. The zero-order chi connectivity index (χ0) is 13.5. The van der Waals surface area contributed by atoms with E-state index in [4.69, 9.17) is 5.73 Å². The number of nitrogens with two attached hydrogens (primary N) is 1. The maximum absolute atomic E-state index is 13.5. The minimum absolute atomic E-state index is 0.0593. The second-order valence-corrected chi connectivity index (χ2v) is 7.43. The molecule has 0 saturated heterocycles. The van der Waals surface area contributed by atoms with Crippen LogP contribution in [0.3, 0.4) is 0 Å². The molecule has 0 bridgehead atoms. The molecule has 1 aromatic carbocycles. The van der Waals surface area contributed by atoms with Crippen LogP contribution in [0.4, 0.5) is 10.3 Å². The molecule has 1 aromatic heterocycles. The lowest BCUT2D eigenvalue weighted by atomic mass is 10.3. The summed E-state index contributed by atoms with van der Waals surface area (Å²) >= 11 is 1.87. The van der Waals surface area contributed by atoms with Crippen molar-refractivity contribution in [3.63, 3.8) is 0 Å². The average Bonchev–Trinajstić information content (AvgIpc) is 2.51. The van der Waals surface area contributed by atoms with E-state index in [0.717, 1.165) is 6.26 Å². The Morgan fingerprint density at radius 2 is 2.17 bits per heavy atom. The number of nitrogen functional groups attached to an aromatic ring is 1. The van der Waals surface area contributed by atoms with E-state index in [1.54, 1.807) is 6.07 Å². The van der Waals surface area contributed by atoms with Crippen LogP contribution in [0.1, 0.15) is 0 Å². The van der Waals surface area contributed by atoms with E-state index in [1.807, 2.05) is 22.6 Å². The van der Waals surface area contributed by atoms with E-state index in [9.17, 15) is 12.8 Å². The minimum Gasteiger partial charge on any atom is -0.369 e. The van der Waals surface area contributed by atoms with Crippen LogP contribution in [0, 0.1) is 9.39 Å². The molecule has 98 valence electrons. The zero-order valence-electron chi connectivity index (χ0n) is 9.52. The normalized spacial score (nSPS) is 12.2. The van der Waals surface area contributed by atoms with Crippen molar-refractivity contribution in [1.29, 1.82) is 0 Å². The van der Waals surface area contributed by atoms with Gasteiger partial charge in [-0.1, -0.05) is 0 Å². The van der Waals surface area contributed by atoms with Gasteiger partial charge in [-0.25, -0.2) is 17.8 Å². The molecule has 5 nitrogen and oxygen atoms in total. The highest BCUT2D eigenvalue weighted by molar-refractivity contribution is 14.1. The number of anilines is 1. The first-order valence-corrected chi connectivity index (χ1v) is 8.20. The molecule has 0 atom stereocenters. The van der Waals surface area contributed by atoms with Gasteiger partial charge < -0.3 is 10.3 Å².